The lowest BCUT2D eigenvalue weighted by Crippen LogP contribution is -2.12. The average molecular weight is 280 g/mol. The monoisotopic (exact) mass is 279 g/mol. The smallest absolute Gasteiger partial charge is 0.162 e. The Labute approximate surface area is 116 Å². The van der Waals surface area contributed by atoms with E-state index in [4.69, 9.17) is 31.2 Å². The van der Waals surface area contributed by atoms with Gasteiger partial charge in [0.2, 0.25) is 0 Å². The summed E-state index contributed by atoms with van der Waals surface area (Å²) in [4.78, 5) is 0. The van der Waals surface area contributed by atoms with Gasteiger partial charge in [0.25, 0.3) is 0 Å². The van der Waals surface area contributed by atoms with Gasteiger partial charge in [0, 0.05) is 17.5 Å². The molecule has 3 rings (SSSR count). The maximum absolute atomic E-state index is 6.27. The minimum Gasteiger partial charge on any atom is -0.490 e. The minimum absolute atomic E-state index is 0.417. The van der Waals surface area contributed by atoms with Crippen molar-refractivity contribution in [3.63, 3.8) is 0 Å². The Hall–Kier alpha value is -1.65. The van der Waals surface area contributed by atoms with Crippen molar-refractivity contribution in [1.29, 1.82) is 0 Å². The molecule has 2 heterocycles. The summed E-state index contributed by atoms with van der Waals surface area (Å²) < 4.78 is 16.5. The van der Waals surface area contributed by atoms with E-state index in [1.165, 1.54) is 0 Å². The summed E-state index contributed by atoms with van der Waals surface area (Å²) in [6.45, 7) is 1.26. The lowest BCUT2D eigenvalue weighted by molar-refractivity contribution is 0.297. The molecule has 1 atom stereocenters. The molecule has 0 saturated carbocycles. The molecule has 0 amide bonds. The fraction of sp³-hybridized carbons (Fsp3) is 0.286. The molecule has 1 aliphatic heterocycles. The standard InChI is InChI=1S/C14H14ClNO3/c15-10-8-13-12(18-5-2-6-19-13)7-9(10)14(16)11-3-1-4-17-11/h1,3-4,7-8,14H,2,5-6,16H2. The fourth-order valence-corrected chi connectivity index (χ4v) is 2.33. The SMILES string of the molecule is NC(c1ccco1)c1cc2c(cc1Cl)OCCCO2. The highest BCUT2D eigenvalue weighted by atomic mass is 35.5. The molecule has 2 aromatic rings. The number of rotatable bonds is 2. The number of hydrogen-bond donors (Lipinski definition) is 1. The van der Waals surface area contributed by atoms with Gasteiger partial charge in [-0.25, -0.2) is 0 Å². The van der Waals surface area contributed by atoms with Gasteiger partial charge >= 0.3 is 0 Å². The van der Waals surface area contributed by atoms with Crippen molar-refractivity contribution < 1.29 is 13.9 Å². The van der Waals surface area contributed by atoms with Crippen molar-refractivity contribution >= 4 is 11.6 Å². The number of ether oxygens (including phenoxy) is 2. The van der Waals surface area contributed by atoms with Gasteiger partial charge in [-0.1, -0.05) is 11.6 Å². The maximum Gasteiger partial charge on any atom is 0.162 e. The van der Waals surface area contributed by atoms with E-state index < -0.39 is 6.04 Å². The van der Waals surface area contributed by atoms with Crippen LogP contribution in [0.15, 0.2) is 34.9 Å². The summed E-state index contributed by atoms with van der Waals surface area (Å²) in [5.41, 5.74) is 6.92. The Morgan fingerprint density at radius 3 is 2.58 bits per heavy atom. The van der Waals surface area contributed by atoms with Gasteiger partial charge in [-0.15, -0.1) is 0 Å². The summed E-state index contributed by atoms with van der Waals surface area (Å²) >= 11 is 6.27. The molecule has 1 aliphatic rings. The van der Waals surface area contributed by atoms with Crippen molar-refractivity contribution in [2.24, 2.45) is 5.73 Å². The quantitative estimate of drug-likeness (QED) is 0.917. The van der Waals surface area contributed by atoms with E-state index in [1.54, 1.807) is 18.4 Å². The van der Waals surface area contributed by atoms with E-state index in [0.717, 1.165) is 12.0 Å². The lowest BCUT2D eigenvalue weighted by Gasteiger charge is -2.15. The van der Waals surface area contributed by atoms with E-state index >= 15 is 0 Å². The first-order chi connectivity index (χ1) is 9.25. The molecule has 2 N–H and O–H groups in total. The van der Waals surface area contributed by atoms with Crippen molar-refractivity contribution in [3.8, 4) is 11.5 Å². The molecule has 5 heteroatoms. The van der Waals surface area contributed by atoms with Gasteiger partial charge in [-0.05, 0) is 23.8 Å². The van der Waals surface area contributed by atoms with Crippen LogP contribution in [0.25, 0.3) is 0 Å². The van der Waals surface area contributed by atoms with Gasteiger partial charge in [0.15, 0.2) is 11.5 Å². The van der Waals surface area contributed by atoms with E-state index in [-0.39, 0.29) is 0 Å². The van der Waals surface area contributed by atoms with E-state index in [9.17, 15) is 0 Å². The second-order valence-corrected chi connectivity index (χ2v) is 4.77. The molecule has 4 nitrogen and oxygen atoms in total. The number of benzene rings is 1. The predicted octanol–water partition coefficient (Wildman–Crippen LogP) is 3.14. The average Bonchev–Trinajstić information content (AvgIpc) is 2.84. The third kappa shape index (κ3) is 2.41. The fourth-order valence-electron chi connectivity index (χ4n) is 2.06. The Morgan fingerprint density at radius 2 is 1.89 bits per heavy atom. The lowest BCUT2D eigenvalue weighted by atomic mass is 10.0. The molecule has 0 spiro atoms. The molecule has 1 unspecified atom stereocenters. The third-order valence-electron chi connectivity index (χ3n) is 3.05. The van der Waals surface area contributed by atoms with Crippen LogP contribution < -0.4 is 15.2 Å². The zero-order valence-corrected chi connectivity index (χ0v) is 11.0. The number of fused-ring (bicyclic) bond motifs is 1. The van der Waals surface area contributed by atoms with Crippen LogP contribution in [0.4, 0.5) is 0 Å². The Balaban J connectivity index is 2.00. The molecule has 100 valence electrons. The molecule has 1 aromatic carbocycles. The number of halogens is 1. The molecule has 0 bridgehead atoms. The topological polar surface area (TPSA) is 57.6 Å². The van der Waals surface area contributed by atoms with Crippen LogP contribution in [0.5, 0.6) is 11.5 Å². The summed E-state index contributed by atoms with van der Waals surface area (Å²) in [5, 5.41) is 0.549. The summed E-state index contributed by atoms with van der Waals surface area (Å²) in [6.07, 6.45) is 2.44. The second-order valence-electron chi connectivity index (χ2n) is 4.36. The van der Waals surface area contributed by atoms with Crippen molar-refractivity contribution in [2.75, 3.05) is 13.2 Å². The molecule has 1 aromatic heterocycles. The van der Waals surface area contributed by atoms with E-state index in [0.29, 0.717) is 35.5 Å². The van der Waals surface area contributed by atoms with Crippen molar-refractivity contribution in [2.45, 2.75) is 12.5 Å². The molecular formula is C14H14ClNO3. The van der Waals surface area contributed by atoms with Crippen LogP contribution in [0.1, 0.15) is 23.8 Å². The highest BCUT2D eigenvalue weighted by Gasteiger charge is 2.20. The molecular weight excluding hydrogens is 266 g/mol. The Morgan fingerprint density at radius 1 is 1.16 bits per heavy atom. The largest absolute Gasteiger partial charge is 0.490 e. The van der Waals surface area contributed by atoms with Crippen molar-refractivity contribution in [3.05, 3.63) is 46.9 Å². The van der Waals surface area contributed by atoms with Gasteiger partial charge in [0.05, 0.1) is 25.5 Å². The maximum atomic E-state index is 6.27. The van der Waals surface area contributed by atoms with Gasteiger partial charge in [-0.3, -0.25) is 0 Å². The second kappa shape index (κ2) is 5.15. The molecule has 0 fully saturated rings. The molecule has 0 saturated heterocycles. The van der Waals surface area contributed by atoms with E-state index in [2.05, 4.69) is 0 Å². The zero-order valence-electron chi connectivity index (χ0n) is 10.3. The van der Waals surface area contributed by atoms with Gasteiger partial charge in [-0.2, -0.15) is 0 Å². The predicted molar refractivity (Wildman–Crippen MR) is 71.8 cm³/mol. The molecule has 0 radical (unpaired) electrons. The zero-order chi connectivity index (χ0) is 13.2. The van der Waals surface area contributed by atoms with Crippen LogP contribution in [-0.2, 0) is 0 Å². The third-order valence-corrected chi connectivity index (χ3v) is 3.38. The van der Waals surface area contributed by atoms with Gasteiger partial charge in [0.1, 0.15) is 5.76 Å². The summed E-state index contributed by atoms with van der Waals surface area (Å²) in [6, 6.07) is 6.78. The Bertz CT molecular complexity index is 568. The van der Waals surface area contributed by atoms with Crippen molar-refractivity contribution in [1.82, 2.24) is 0 Å². The van der Waals surface area contributed by atoms with Gasteiger partial charge < -0.3 is 19.6 Å². The minimum atomic E-state index is -0.417. The summed E-state index contributed by atoms with van der Waals surface area (Å²) in [5.74, 6) is 2.01. The first kappa shape index (κ1) is 12.4. The molecule has 19 heavy (non-hydrogen) atoms. The van der Waals surface area contributed by atoms with Crippen LogP contribution in [0, 0.1) is 0 Å². The first-order valence-corrected chi connectivity index (χ1v) is 6.51. The first-order valence-electron chi connectivity index (χ1n) is 6.14. The summed E-state index contributed by atoms with van der Waals surface area (Å²) in [7, 11) is 0. The number of furan rings is 1. The normalized spacial score (nSPS) is 15.9. The van der Waals surface area contributed by atoms with E-state index in [1.807, 2.05) is 12.1 Å². The van der Waals surface area contributed by atoms with Crippen LogP contribution in [0.2, 0.25) is 5.02 Å². The van der Waals surface area contributed by atoms with Crippen LogP contribution in [-0.4, -0.2) is 13.2 Å². The molecule has 0 aliphatic carbocycles. The highest BCUT2D eigenvalue weighted by Crippen LogP contribution is 2.38. The number of hydrogen-bond acceptors (Lipinski definition) is 4. The highest BCUT2D eigenvalue weighted by molar-refractivity contribution is 6.31. The van der Waals surface area contributed by atoms with Crippen LogP contribution >= 0.6 is 11.6 Å². The number of nitrogens with two attached hydrogens (primary N) is 1. The van der Waals surface area contributed by atoms with Crippen LogP contribution in [0.3, 0.4) is 0 Å². The Kier molecular flexibility index (Phi) is 3.36.